The lowest BCUT2D eigenvalue weighted by Gasteiger charge is -2.26. The van der Waals surface area contributed by atoms with Crippen LogP contribution in [0.15, 0.2) is 35.6 Å². The molecule has 1 aromatic carbocycles. The van der Waals surface area contributed by atoms with Crippen LogP contribution in [0.1, 0.15) is 24.9 Å². The monoisotopic (exact) mass is 306 g/mol. The van der Waals surface area contributed by atoms with Crippen molar-refractivity contribution in [2.45, 2.75) is 19.4 Å². The molecule has 7 heteroatoms. The Morgan fingerprint density at radius 3 is 2.41 bits per heavy atom. The highest BCUT2D eigenvalue weighted by Gasteiger charge is 2.41. The zero-order valence-electron chi connectivity index (χ0n) is 11.7. The van der Waals surface area contributed by atoms with Crippen molar-refractivity contribution >= 4 is 17.7 Å². The number of Topliss-reactive ketones (excluding diaryl/α,β-unsaturated/α-hetero) is 1. The molecule has 0 aromatic heterocycles. The Labute approximate surface area is 125 Å². The quantitative estimate of drug-likeness (QED) is 0.841. The average Bonchev–Trinajstić information content (AvgIpc) is 2.70. The Kier molecular flexibility index (Phi) is 4.25. The molecule has 116 valence electrons. The van der Waals surface area contributed by atoms with E-state index in [-0.39, 0.29) is 12.1 Å². The lowest BCUT2D eigenvalue weighted by molar-refractivity contribution is -0.305. The van der Waals surface area contributed by atoms with Gasteiger partial charge in [0.15, 0.2) is 11.5 Å². The van der Waals surface area contributed by atoms with Crippen molar-refractivity contribution in [2.24, 2.45) is 0 Å². The maximum absolute atomic E-state index is 13.0. The van der Waals surface area contributed by atoms with E-state index in [1.807, 2.05) is 0 Å². The summed E-state index contributed by atoms with van der Waals surface area (Å²) in [4.78, 5) is 35.5. The van der Waals surface area contributed by atoms with Crippen LogP contribution in [-0.2, 0) is 14.4 Å². The van der Waals surface area contributed by atoms with Crippen LogP contribution in [0.4, 0.5) is 4.39 Å². The number of carboxylic acids is 1. The number of carbonyl (C=O) groups is 3. The van der Waals surface area contributed by atoms with Crippen LogP contribution in [0.5, 0.6) is 0 Å². The van der Waals surface area contributed by atoms with E-state index in [9.17, 15) is 29.0 Å². The van der Waals surface area contributed by atoms with Crippen molar-refractivity contribution in [1.82, 2.24) is 4.90 Å². The molecule has 0 bridgehead atoms. The molecular weight excluding hydrogens is 293 g/mol. The number of halogens is 1. The number of hydrogen-bond donors (Lipinski definition) is 1. The Balaban J connectivity index is 2.45. The first-order valence-corrected chi connectivity index (χ1v) is 6.53. The Morgan fingerprint density at radius 1 is 1.32 bits per heavy atom. The summed E-state index contributed by atoms with van der Waals surface area (Å²) in [6.07, 6.45) is -0.443. The minimum atomic E-state index is -1.36. The van der Waals surface area contributed by atoms with Gasteiger partial charge >= 0.3 is 0 Å². The normalized spacial score (nSPS) is 18.0. The molecule has 22 heavy (non-hydrogen) atoms. The summed E-state index contributed by atoms with van der Waals surface area (Å²) in [5.41, 5.74) is 0.275. The number of aliphatic hydroxyl groups excluding tert-OH is 1. The number of hydrogen-bond acceptors (Lipinski definition) is 5. The molecule has 1 N–H and O–H groups in total. The maximum atomic E-state index is 13.0. The molecular formula is C15H13FNO5-. The van der Waals surface area contributed by atoms with Gasteiger partial charge in [-0.05, 0) is 24.6 Å². The second kappa shape index (κ2) is 5.97. The van der Waals surface area contributed by atoms with E-state index in [1.165, 1.54) is 19.1 Å². The molecule has 2 rings (SSSR count). The molecule has 1 aliphatic heterocycles. The molecule has 1 heterocycles. The van der Waals surface area contributed by atoms with Crippen molar-refractivity contribution in [3.05, 3.63) is 47.0 Å². The predicted molar refractivity (Wildman–Crippen MR) is 70.8 cm³/mol. The molecule has 1 aromatic rings. The van der Waals surface area contributed by atoms with Gasteiger partial charge in [0.2, 0.25) is 0 Å². The fourth-order valence-electron chi connectivity index (χ4n) is 2.45. The van der Waals surface area contributed by atoms with Crippen LogP contribution >= 0.6 is 0 Å². The largest absolute Gasteiger partial charge is 0.550 e. The van der Waals surface area contributed by atoms with Crippen molar-refractivity contribution in [3.8, 4) is 0 Å². The fraction of sp³-hybridized carbons (Fsp3) is 0.267. The van der Waals surface area contributed by atoms with Gasteiger partial charge in [-0.25, -0.2) is 4.39 Å². The average molecular weight is 306 g/mol. The number of ketones is 1. The maximum Gasteiger partial charge on any atom is 0.290 e. The van der Waals surface area contributed by atoms with E-state index in [1.54, 1.807) is 0 Å². The molecule has 1 amide bonds. The number of carboxylic acid groups (broad SMARTS) is 1. The molecule has 0 saturated heterocycles. The van der Waals surface area contributed by atoms with Crippen LogP contribution < -0.4 is 5.11 Å². The van der Waals surface area contributed by atoms with E-state index in [0.717, 1.165) is 17.0 Å². The Hall–Kier alpha value is -2.70. The summed E-state index contributed by atoms with van der Waals surface area (Å²) in [5.74, 6) is -3.91. The summed E-state index contributed by atoms with van der Waals surface area (Å²) >= 11 is 0. The molecule has 1 aliphatic rings. The van der Waals surface area contributed by atoms with Crippen LogP contribution in [0.2, 0.25) is 0 Å². The number of amides is 1. The van der Waals surface area contributed by atoms with Crippen molar-refractivity contribution in [1.29, 1.82) is 0 Å². The van der Waals surface area contributed by atoms with E-state index in [2.05, 4.69) is 0 Å². The van der Waals surface area contributed by atoms with Gasteiger partial charge in [-0.3, -0.25) is 9.59 Å². The minimum absolute atomic E-state index is 0.130. The third kappa shape index (κ3) is 2.83. The van der Waals surface area contributed by atoms with Crippen molar-refractivity contribution in [2.75, 3.05) is 6.54 Å². The second-order valence-corrected chi connectivity index (χ2v) is 4.89. The zero-order chi connectivity index (χ0) is 16.4. The van der Waals surface area contributed by atoms with Crippen molar-refractivity contribution < 1.29 is 29.0 Å². The Morgan fingerprint density at radius 2 is 1.91 bits per heavy atom. The number of rotatable bonds is 5. The molecule has 0 radical (unpaired) electrons. The van der Waals surface area contributed by atoms with Gasteiger partial charge in [-0.1, -0.05) is 12.1 Å². The number of carbonyl (C=O) groups excluding carboxylic acids is 3. The molecule has 1 unspecified atom stereocenters. The topological polar surface area (TPSA) is 97.7 Å². The summed E-state index contributed by atoms with van der Waals surface area (Å²) in [7, 11) is 0. The van der Waals surface area contributed by atoms with Gasteiger partial charge in [0, 0.05) is 18.9 Å². The highest BCUT2D eigenvalue weighted by Crippen LogP contribution is 2.37. The second-order valence-electron chi connectivity index (χ2n) is 4.89. The zero-order valence-corrected chi connectivity index (χ0v) is 11.7. The molecule has 0 fully saturated rings. The van der Waals surface area contributed by atoms with E-state index >= 15 is 0 Å². The highest BCUT2D eigenvalue weighted by atomic mass is 19.1. The predicted octanol–water partition coefficient (Wildman–Crippen LogP) is 0.250. The van der Waals surface area contributed by atoms with Gasteiger partial charge in [0.1, 0.15) is 5.82 Å². The molecule has 6 nitrogen and oxygen atoms in total. The van der Waals surface area contributed by atoms with Gasteiger partial charge < -0.3 is 19.9 Å². The molecule has 0 aliphatic carbocycles. The van der Waals surface area contributed by atoms with E-state index in [0.29, 0.717) is 5.56 Å². The lowest BCUT2D eigenvalue weighted by atomic mass is 9.96. The van der Waals surface area contributed by atoms with Crippen LogP contribution in [0.25, 0.3) is 0 Å². The first-order chi connectivity index (χ1) is 10.3. The van der Waals surface area contributed by atoms with Gasteiger partial charge in [-0.15, -0.1) is 0 Å². The summed E-state index contributed by atoms with van der Waals surface area (Å²) in [5, 5.41) is 20.5. The van der Waals surface area contributed by atoms with Gasteiger partial charge in [0.05, 0.1) is 11.6 Å². The molecule has 1 atom stereocenters. The summed E-state index contributed by atoms with van der Waals surface area (Å²) in [6, 6.07) is 4.13. The highest BCUT2D eigenvalue weighted by molar-refractivity contribution is 6.08. The molecule has 0 spiro atoms. The van der Waals surface area contributed by atoms with Crippen molar-refractivity contribution in [3.63, 3.8) is 0 Å². The van der Waals surface area contributed by atoms with Crippen LogP contribution in [0.3, 0.4) is 0 Å². The minimum Gasteiger partial charge on any atom is -0.550 e. The first-order valence-electron chi connectivity index (χ1n) is 6.53. The van der Waals surface area contributed by atoms with Gasteiger partial charge in [-0.2, -0.15) is 0 Å². The standard InChI is InChI=1S/C15H14FNO5/c1-8(18)12-13(9-2-4-10(16)5-3-9)17(7-6-11(19)20)15(22)14(12)21/h2-5,13,21H,6-7H2,1H3,(H,19,20)/p-1. The van der Waals surface area contributed by atoms with E-state index in [4.69, 9.17) is 0 Å². The fourth-order valence-corrected chi connectivity index (χ4v) is 2.45. The third-order valence-corrected chi connectivity index (χ3v) is 3.43. The summed E-state index contributed by atoms with van der Waals surface area (Å²) < 4.78 is 13.0. The summed E-state index contributed by atoms with van der Waals surface area (Å²) in [6.45, 7) is 0.960. The van der Waals surface area contributed by atoms with Crippen LogP contribution in [0, 0.1) is 5.82 Å². The lowest BCUT2D eigenvalue weighted by Crippen LogP contribution is -2.35. The van der Waals surface area contributed by atoms with Crippen LogP contribution in [-0.4, -0.2) is 34.2 Å². The molecule has 0 saturated carbocycles. The Bertz CT molecular complexity index is 665. The number of nitrogens with zero attached hydrogens (tertiary/aromatic N) is 1. The number of aliphatic hydroxyl groups is 1. The SMILES string of the molecule is CC(=O)C1=C(O)C(=O)N(CCC(=O)[O-])C1c1ccc(F)cc1. The first kappa shape index (κ1) is 15.7. The number of aliphatic carboxylic acids is 1. The van der Waals surface area contributed by atoms with Gasteiger partial charge in [0.25, 0.3) is 5.91 Å². The van der Waals surface area contributed by atoms with E-state index < -0.39 is 41.7 Å². The third-order valence-electron chi connectivity index (χ3n) is 3.43. The number of benzene rings is 1. The smallest absolute Gasteiger partial charge is 0.290 e.